The lowest BCUT2D eigenvalue weighted by Gasteiger charge is -2.25. The van der Waals surface area contributed by atoms with E-state index in [9.17, 15) is 19.5 Å². The quantitative estimate of drug-likeness (QED) is 0.0211. The number of rotatable bonds is 61. The highest BCUT2D eigenvalue weighted by molar-refractivity contribution is 5.71. The third-order valence-corrected chi connectivity index (χ3v) is 14.7. The number of carboxylic acids is 1. The maximum Gasteiger partial charge on any atom is 0.361 e. The van der Waals surface area contributed by atoms with Gasteiger partial charge in [0.1, 0.15) is 13.2 Å². The molecule has 9 heteroatoms. The Morgan fingerprint density at radius 1 is 0.387 bits per heavy atom. The van der Waals surface area contributed by atoms with E-state index in [1.807, 2.05) is 21.1 Å². The summed E-state index contributed by atoms with van der Waals surface area (Å²) in [5, 5.41) is 9.71. The lowest BCUT2D eigenvalue weighted by Crippen LogP contribution is -2.40. The van der Waals surface area contributed by atoms with Crippen LogP contribution in [-0.2, 0) is 33.3 Å². The third-order valence-electron chi connectivity index (χ3n) is 14.7. The number of carbonyl (C=O) groups is 3. The van der Waals surface area contributed by atoms with Gasteiger partial charge in [-0.2, -0.15) is 0 Å². The van der Waals surface area contributed by atoms with Gasteiger partial charge in [-0.05, 0) is 64.2 Å². The van der Waals surface area contributed by atoms with Gasteiger partial charge < -0.3 is 28.5 Å². The number of esters is 2. The van der Waals surface area contributed by atoms with E-state index in [4.69, 9.17) is 18.9 Å². The highest BCUT2D eigenvalue weighted by Crippen LogP contribution is 2.18. The summed E-state index contributed by atoms with van der Waals surface area (Å²) in [6.45, 7) is 4.91. The van der Waals surface area contributed by atoms with Crippen molar-refractivity contribution in [3.05, 3.63) is 24.3 Å². The maximum absolute atomic E-state index is 12.9. The molecule has 0 aromatic heterocycles. The molecule has 0 saturated heterocycles. The highest BCUT2D eigenvalue weighted by Gasteiger charge is 2.25. The van der Waals surface area contributed by atoms with Gasteiger partial charge >= 0.3 is 17.9 Å². The van der Waals surface area contributed by atoms with Gasteiger partial charge in [0.05, 0.1) is 34.4 Å². The molecule has 0 aliphatic carbocycles. The topological polar surface area (TPSA) is 108 Å². The summed E-state index contributed by atoms with van der Waals surface area (Å²) in [5.74, 6) is -1.99. The molecule has 0 rings (SSSR count). The zero-order valence-corrected chi connectivity index (χ0v) is 50.5. The van der Waals surface area contributed by atoms with E-state index in [0.717, 1.165) is 51.4 Å². The normalized spacial score (nSPS) is 12.8. The predicted molar refractivity (Wildman–Crippen MR) is 318 cm³/mol. The number of unbranched alkanes of at least 4 members (excludes halogenated alkanes) is 42. The van der Waals surface area contributed by atoms with Gasteiger partial charge in [0, 0.05) is 12.8 Å². The Hall–Kier alpha value is -2.23. The monoisotopic (exact) mass is 1060 g/mol. The van der Waals surface area contributed by atoms with Crippen LogP contribution in [0.4, 0.5) is 0 Å². The van der Waals surface area contributed by atoms with Crippen molar-refractivity contribution in [1.29, 1.82) is 0 Å². The minimum Gasteiger partial charge on any atom is -0.477 e. The lowest BCUT2D eigenvalue weighted by molar-refractivity contribution is -0.870. The van der Waals surface area contributed by atoms with Crippen molar-refractivity contribution < 1.29 is 42.9 Å². The average molecular weight is 1060 g/mol. The van der Waals surface area contributed by atoms with E-state index in [0.29, 0.717) is 17.4 Å². The van der Waals surface area contributed by atoms with Crippen LogP contribution in [0.15, 0.2) is 24.3 Å². The number of hydrogen-bond donors (Lipinski definition) is 1. The molecule has 0 aromatic rings. The van der Waals surface area contributed by atoms with Crippen molar-refractivity contribution in [1.82, 2.24) is 0 Å². The molecule has 75 heavy (non-hydrogen) atoms. The van der Waals surface area contributed by atoms with Gasteiger partial charge in [-0.3, -0.25) is 9.59 Å². The Labute approximate surface area is 465 Å². The SMILES string of the molecule is CCCCCCCC/C=C\CCCCCCCC(=O)OCC(COC(OCC[N+](C)(C)C)C(=O)O)OC(=O)CCCCCCCCCCCCCCCCCCCCCCCCC/C=C\CCCCCCCCCC. The molecule has 0 aliphatic rings. The van der Waals surface area contributed by atoms with E-state index in [2.05, 4.69) is 38.2 Å². The minimum absolute atomic E-state index is 0.181. The summed E-state index contributed by atoms with van der Waals surface area (Å²) in [4.78, 5) is 37.4. The molecule has 0 bridgehead atoms. The number of nitrogens with zero attached hydrogens (tertiary/aromatic N) is 1. The molecule has 0 aliphatic heterocycles. The standard InChI is InChI=1S/C66H125NO8/c1-6-8-10-12-14-16-18-20-22-23-24-25-26-27-28-29-30-31-32-33-34-35-36-37-38-39-40-41-43-45-47-49-51-53-55-57-64(69)75-62(61-74-66(65(70)71)72-59-58-67(3,4)5)60-73-63(68)56-54-52-50-48-46-44-42-21-19-17-15-13-11-9-7-2/h21,23-24,42,62,66H,6-20,22,25-41,43-61H2,1-5H3/p+1/b24-23-,42-21-. The van der Waals surface area contributed by atoms with Crippen LogP contribution >= 0.6 is 0 Å². The summed E-state index contributed by atoms with van der Waals surface area (Å²) in [7, 11) is 5.98. The minimum atomic E-state index is -1.51. The Bertz CT molecular complexity index is 1280. The molecular weight excluding hydrogens is 935 g/mol. The Morgan fingerprint density at radius 3 is 0.987 bits per heavy atom. The molecule has 0 radical (unpaired) electrons. The van der Waals surface area contributed by atoms with Crippen molar-refractivity contribution in [2.24, 2.45) is 0 Å². The Morgan fingerprint density at radius 2 is 0.680 bits per heavy atom. The van der Waals surface area contributed by atoms with Gasteiger partial charge in [-0.1, -0.05) is 269 Å². The van der Waals surface area contributed by atoms with Crippen LogP contribution < -0.4 is 0 Å². The number of aliphatic carboxylic acids is 1. The van der Waals surface area contributed by atoms with E-state index < -0.39 is 18.4 Å². The Balaban J connectivity index is 4.00. The first-order valence-electron chi connectivity index (χ1n) is 32.5. The summed E-state index contributed by atoms with van der Waals surface area (Å²) in [6.07, 6.45) is 67.2. The fourth-order valence-corrected chi connectivity index (χ4v) is 9.65. The third kappa shape index (κ3) is 59.3. The molecule has 442 valence electrons. The van der Waals surface area contributed by atoms with Crippen molar-refractivity contribution in [3.63, 3.8) is 0 Å². The molecule has 0 spiro atoms. The van der Waals surface area contributed by atoms with Crippen molar-refractivity contribution in [2.45, 2.75) is 334 Å². The molecule has 0 saturated carbocycles. The maximum atomic E-state index is 12.9. The summed E-state index contributed by atoms with van der Waals surface area (Å²) in [5.41, 5.74) is 0. The smallest absolute Gasteiger partial charge is 0.361 e. The number of carboxylic acid groups (broad SMARTS) is 1. The summed E-state index contributed by atoms with van der Waals surface area (Å²) >= 11 is 0. The van der Waals surface area contributed by atoms with Crippen LogP contribution in [0.3, 0.4) is 0 Å². The number of allylic oxidation sites excluding steroid dienone is 4. The zero-order valence-electron chi connectivity index (χ0n) is 50.5. The number of ether oxygens (including phenoxy) is 4. The summed E-state index contributed by atoms with van der Waals surface area (Å²) in [6, 6.07) is 0. The molecule has 0 aromatic carbocycles. The number of likely N-dealkylation sites (N-methyl/N-ethyl adjacent to an activating group) is 1. The molecular formula is C66H126NO8+. The fraction of sp³-hybridized carbons (Fsp3) is 0.894. The second-order valence-corrected chi connectivity index (χ2v) is 23.4. The van der Waals surface area contributed by atoms with E-state index in [1.54, 1.807) is 0 Å². The molecule has 2 unspecified atom stereocenters. The van der Waals surface area contributed by atoms with Gasteiger partial charge in [-0.15, -0.1) is 0 Å². The zero-order chi connectivity index (χ0) is 54.8. The van der Waals surface area contributed by atoms with E-state index in [1.165, 1.54) is 244 Å². The van der Waals surface area contributed by atoms with Crippen LogP contribution in [0.1, 0.15) is 322 Å². The molecule has 9 nitrogen and oxygen atoms in total. The fourth-order valence-electron chi connectivity index (χ4n) is 9.65. The van der Waals surface area contributed by atoms with Gasteiger partial charge in [0.25, 0.3) is 6.29 Å². The van der Waals surface area contributed by atoms with Crippen LogP contribution in [0.5, 0.6) is 0 Å². The van der Waals surface area contributed by atoms with Crippen molar-refractivity contribution in [2.75, 3.05) is 47.5 Å². The van der Waals surface area contributed by atoms with Crippen LogP contribution in [0.2, 0.25) is 0 Å². The Kier molecular flexibility index (Phi) is 56.2. The van der Waals surface area contributed by atoms with E-state index >= 15 is 0 Å². The molecule has 0 amide bonds. The number of hydrogen-bond acceptors (Lipinski definition) is 7. The predicted octanol–water partition coefficient (Wildman–Crippen LogP) is 19.5. The second kappa shape index (κ2) is 57.9. The number of carbonyl (C=O) groups excluding carboxylic acids is 2. The largest absolute Gasteiger partial charge is 0.477 e. The first-order valence-corrected chi connectivity index (χ1v) is 32.5. The van der Waals surface area contributed by atoms with Gasteiger partial charge in [0.2, 0.25) is 0 Å². The highest BCUT2D eigenvalue weighted by atomic mass is 16.7. The van der Waals surface area contributed by atoms with Crippen LogP contribution in [0.25, 0.3) is 0 Å². The summed E-state index contributed by atoms with van der Waals surface area (Å²) < 4.78 is 22.9. The second-order valence-electron chi connectivity index (χ2n) is 23.4. The molecule has 2 atom stereocenters. The van der Waals surface area contributed by atoms with E-state index in [-0.39, 0.29) is 38.2 Å². The van der Waals surface area contributed by atoms with Gasteiger partial charge in [0.15, 0.2) is 6.10 Å². The van der Waals surface area contributed by atoms with Crippen molar-refractivity contribution >= 4 is 17.9 Å². The average Bonchev–Trinajstić information content (AvgIpc) is 3.38. The molecule has 0 fully saturated rings. The molecule has 0 heterocycles. The first kappa shape index (κ1) is 72.8. The number of quaternary nitrogens is 1. The molecule has 1 N–H and O–H groups in total. The van der Waals surface area contributed by atoms with Gasteiger partial charge in [-0.25, -0.2) is 4.79 Å². The van der Waals surface area contributed by atoms with Crippen molar-refractivity contribution in [3.8, 4) is 0 Å². The first-order chi connectivity index (χ1) is 36.6. The lowest BCUT2D eigenvalue weighted by atomic mass is 10.0. The van der Waals surface area contributed by atoms with Crippen LogP contribution in [-0.4, -0.2) is 87.4 Å². The van der Waals surface area contributed by atoms with Crippen LogP contribution in [0, 0.1) is 0 Å².